The van der Waals surface area contributed by atoms with Crippen molar-refractivity contribution in [3.63, 3.8) is 0 Å². The number of rotatable bonds is 4. The quantitative estimate of drug-likeness (QED) is 0.899. The minimum absolute atomic E-state index is 0.616. The summed E-state index contributed by atoms with van der Waals surface area (Å²) < 4.78 is 0. The summed E-state index contributed by atoms with van der Waals surface area (Å²) in [6.45, 7) is 4.62. The van der Waals surface area contributed by atoms with E-state index < -0.39 is 0 Å². The van der Waals surface area contributed by atoms with Gasteiger partial charge in [-0.15, -0.1) is 11.3 Å². The van der Waals surface area contributed by atoms with E-state index in [0.717, 1.165) is 18.9 Å². The lowest BCUT2D eigenvalue weighted by Crippen LogP contribution is -2.33. The Morgan fingerprint density at radius 3 is 2.89 bits per heavy atom. The highest BCUT2D eigenvalue weighted by molar-refractivity contribution is 7.12. The van der Waals surface area contributed by atoms with Gasteiger partial charge in [0.1, 0.15) is 0 Å². The van der Waals surface area contributed by atoms with Crippen LogP contribution in [0.5, 0.6) is 0 Å². The molecule has 0 aromatic carbocycles. The van der Waals surface area contributed by atoms with Crippen molar-refractivity contribution in [1.82, 2.24) is 10.2 Å². The first kappa shape index (κ1) is 14.0. The van der Waals surface area contributed by atoms with Crippen LogP contribution in [-0.2, 0) is 6.42 Å². The van der Waals surface area contributed by atoms with Crippen molar-refractivity contribution in [2.45, 2.75) is 38.6 Å². The molecular weight excluding hydrogens is 240 g/mol. The normalized spacial score (nSPS) is 26.2. The topological polar surface area (TPSA) is 15.3 Å². The fourth-order valence-electron chi connectivity index (χ4n) is 3.09. The number of thiophene rings is 1. The van der Waals surface area contributed by atoms with E-state index in [9.17, 15) is 0 Å². The first-order valence-corrected chi connectivity index (χ1v) is 8.01. The van der Waals surface area contributed by atoms with E-state index in [1.165, 1.54) is 30.7 Å². The van der Waals surface area contributed by atoms with Gasteiger partial charge in [0.25, 0.3) is 0 Å². The molecule has 1 fully saturated rings. The third-order valence-electron chi connectivity index (χ3n) is 4.05. The molecule has 3 heteroatoms. The van der Waals surface area contributed by atoms with E-state index in [-0.39, 0.29) is 0 Å². The number of nitrogens with one attached hydrogen (secondary N) is 1. The third-order valence-corrected chi connectivity index (χ3v) is 5.35. The van der Waals surface area contributed by atoms with Crippen LogP contribution in [0.3, 0.4) is 0 Å². The van der Waals surface area contributed by atoms with E-state index >= 15 is 0 Å². The summed E-state index contributed by atoms with van der Waals surface area (Å²) in [4.78, 5) is 5.66. The lowest BCUT2D eigenvalue weighted by Gasteiger charge is -2.31. The second-order valence-electron chi connectivity index (χ2n) is 5.40. The minimum Gasteiger partial charge on any atom is -0.319 e. The molecule has 0 spiro atoms. The predicted molar refractivity (Wildman–Crippen MR) is 80.3 cm³/mol. The average Bonchev–Trinajstić information content (AvgIpc) is 2.76. The highest BCUT2D eigenvalue weighted by Gasteiger charge is 2.29. The van der Waals surface area contributed by atoms with Gasteiger partial charge in [-0.1, -0.05) is 13.3 Å². The molecule has 2 unspecified atom stereocenters. The minimum atomic E-state index is 0.616. The Balaban J connectivity index is 2.21. The lowest BCUT2D eigenvalue weighted by molar-refractivity contribution is 0.194. The zero-order chi connectivity index (χ0) is 13.0. The summed E-state index contributed by atoms with van der Waals surface area (Å²) >= 11 is 2.01. The average molecular weight is 266 g/mol. The molecule has 102 valence electrons. The van der Waals surface area contributed by atoms with Gasteiger partial charge in [0, 0.05) is 15.8 Å². The predicted octanol–water partition coefficient (Wildman–Crippen LogP) is 3.30. The van der Waals surface area contributed by atoms with Gasteiger partial charge >= 0.3 is 0 Å². The van der Waals surface area contributed by atoms with E-state index in [2.05, 4.69) is 43.4 Å². The van der Waals surface area contributed by atoms with Crippen molar-refractivity contribution in [1.29, 1.82) is 0 Å². The van der Waals surface area contributed by atoms with E-state index in [4.69, 9.17) is 0 Å². The molecule has 0 amide bonds. The summed E-state index contributed by atoms with van der Waals surface area (Å²) in [7, 11) is 4.37. The van der Waals surface area contributed by atoms with Crippen LogP contribution in [0.4, 0.5) is 0 Å². The molecule has 1 aliphatic rings. The van der Waals surface area contributed by atoms with Crippen molar-refractivity contribution in [2.24, 2.45) is 5.92 Å². The number of aryl methyl sites for hydroxylation is 1. The Morgan fingerprint density at radius 2 is 2.22 bits per heavy atom. The zero-order valence-corrected chi connectivity index (χ0v) is 12.7. The molecule has 18 heavy (non-hydrogen) atoms. The van der Waals surface area contributed by atoms with Crippen molar-refractivity contribution < 1.29 is 0 Å². The second-order valence-corrected chi connectivity index (χ2v) is 6.60. The summed E-state index contributed by atoms with van der Waals surface area (Å²) in [6.07, 6.45) is 5.24. The molecule has 2 heterocycles. The van der Waals surface area contributed by atoms with E-state index in [0.29, 0.717) is 6.04 Å². The van der Waals surface area contributed by atoms with Gasteiger partial charge in [0.05, 0.1) is 0 Å². The molecule has 1 aromatic heterocycles. The van der Waals surface area contributed by atoms with E-state index in [1.807, 2.05) is 11.3 Å². The molecule has 0 aliphatic carbocycles. The van der Waals surface area contributed by atoms with Crippen LogP contribution in [0, 0.1) is 5.92 Å². The number of hydrogen-bond acceptors (Lipinski definition) is 3. The van der Waals surface area contributed by atoms with Gasteiger partial charge in [0.15, 0.2) is 0 Å². The highest BCUT2D eigenvalue weighted by Crippen LogP contribution is 2.37. The molecule has 2 atom stereocenters. The fraction of sp³-hybridized carbons (Fsp3) is 0.733. The molecule has 0 bridgehead atoms. The van der Waals surface area contributed by atoms with E-state index in [1.54, 1.807) is 4.88 Å². The Labute approximate surface area is 115 Å². The molecule has 1 saturated heterocycles. The maximum absolute atomic E-state index is 3.38. The van der Waals surface area contributed by atoms with Crippen LogP contribution in [0.25, 0.3) is 0 Å². The first-order valence-electron chi connectivity index (χ1n) is 7.19. The Hall–Kier alpha value is -0.380. The number of hydrogen-bond donors (Lipinski definition) is 1. The monoisotopic (exact) mass is 266 g/mol. The van der Waals surface area contributed by atoms with Crippen molar-refractivity contribution >= 4 is 11.3 Å². The van der Waals surface area contributed by atoms with Crippen LogP contribution in [-0.4, -0.2) is 32.1 Å². The fourth-order valence-corrected chi connectivity index (χ4v) is 4.31. The molecule has 1 N–H and O–H groups in total. The van der Waals surface area contributed by atoms with Gasteiger partial charge in [-0.3, -0.25) is 4.90 Å². The molecular formula is C15H26N2S. The SMILES string of the molecule is CCc1ccc(C2C(CNC)CCCCN2C)s1. The van der Waals surface area contributed by atoms with Crippen LogP contribution >= 0.6 is 11.3 Å². The molecule has 1 aliphatic heterocycles. The maximum Gasteiger partial charge on any atom is 0.0478 e. The third kappa shape index (κ3) is 3.14. The van der Waals surface area contributed by atoms with Gasteiger partial charge in [0.2, 0.25) is 0 Å². The van der Waals surface area contributed by atoms with Gasteiger partial charge in [-0.2, -0.15) is 0 Å². The number of nitrogens with zero attached hydrogens (tertiary/aromatic N) is 1. The van der Waals surface area contributed by atoms with Crippen molar-refractivity contribution in [2.75, 3.05) is 27.2 Å². The lowest BCUT2D eigenvalue weighted by atomic mass is 9.93. The molecule has 0 radical (unpaired) electrons. The molecule has 0 saturated carbocycles. The van der Waals surface area contributed by atoms with Crippen molar-refractivity contribution in [3.8, 4) is 0 Å². The molecule has 2 rings (SSSR count). The van der Waals surface area contributed by atoms with Gasteiger partial charge < -0.3 is 5.32 Å². The van der Waals surface area contributed by atoms with Crippen LogP contribution < -0.4 is 5.32 Å². The first-order chi connectivity index (χ1) is 8.76. The maximum atomic E-state index is 3.38. The molecule has 2 nitrogen and oxygen atoms in total. The van der Waals surface area contributed by atoms with Crippen molar-refractivity contribution in [3.05, 3.63) is 21.9 Å². The number of likely N-dealkylation sites (tertiary alicyclic amines) is 1. The summed E-state index contributed by atoms with van der Waals surface area (Å²) in [5, 5.41) is 3.38. The molecule has 1 aromatic rings. The second kappa shape index (κ2) is 6.69. The smallest absolute Gasteiger partial charge is 0.0478 e. The Bertz CT molecular complexity index is 361. The van der Waals surface area contributed by atoms with Crippen LogP contribution in [0.15, 0.2) is 12.1 Å². The summed E-state index contributed by atoms with van der Waals surface area (Å²) in [6, 6.07) is 5.29. The van der Waals surface area contributed by atoms with Gasteiger partial charge in [-0.05, 0) is 64.5 Å². The summed E-state index contributed by atoms with van der Waals surface area (Å²) in [5.41, 5.74) is 0. The highest BCUT2D eigenvalue weighted by atomic mass is 32.1. The Morgan fingerprint density at radius 1 is 1.39 bits per heavy atom. The standard InChI is InChI=1S/C15H26N2S/c1-4-13-8-9-14(18-13)15-12(11-16-2)7-5-6-10-17(15)3/h8-9,12,15-16H,4-7,10-11H2,1-3H3. The summed E-state index contributed by atoms with van der Waals surface area (Å²) in [5.74, 6) is 0.755. The zero-order valence-electron chi connectivity index (χ0n) is 11.9. The van der Waals surface area contributed by atoms with Crippen LogP contribution in [0.1, 0.15) is 42.0 Å². The van der Waals surface area contributed by atoms with Crippen LogP contribution in [0.2, 0.25) is 0 Å². The Kier molecular flexibility index (Phi) is 5.22. The largest absolute Gasteiger partial charge is 0.319 e. The van der Waals surface area contributed by atoms with Gasteiger partial charge in [-0.25, -0.2) is 0 Å².